The predicted molar refractivity (Wildman–Crippen MR) is 42.9 cm³/mol. The fraction of sp³-hybridized carbons (Fsp3) is 0.750. The zero-order valence-electron chi connectivity index (χ0n) is 6.95. The summed E-state index contributed by atoms with van der Waals surface area (Å²) in [4.78, 5) is 22.9. The second-order valence-electron chi connectivity index (χ2n) is 3.06. The lowest BCUT2D eigenvalue weighted by Crippen LogP contribution is -2.22. The van der Waals surface area contributed by atoms with E-state index in [1.165, 1.54) is 0 Å². The van der Waals surface area contributed by atoms with Gasteiger partial charge in [-0.3, -0.25) is 14.5 Å². The van der Waals surface area contributed by atoms with E-state index in [1.54, 1.807) is 0 Å². The van der Waals surface area contributed by atoms with Crippen LogP contribution in [0.3, 0.4) is 0 Å². The molecule has 0 radical (unpaired) electrons. The van der Waals surface area contributed by atoms with Crippen LogP contribution in [0.15, 0.2) is 0 Å². The summed E-state index contributed by atoms with van der Waals surface area (Å²) in [6.45, 7) is 2.05. The second kappa shape index (κ2) is 4.21. The number of aliphatic carboxylic acids is 1. The maximum atomic E-state index is 10.8. The van der Waals surface area contributed by atoms with E-state index in [2.05, 4.69) is 0 Å². The van der Waals surface area contributed by atoms with E-state index < -0.39 is 5.97 Å². The third kappa shape index (κ3) is 3.00. The highest BCUT2D eigenvalue weighted by molar-refractivity contribution is 5.82. The number of ketones is 1. The lowest BCUT2D eigenvalue weighted by atomic mass is 10.3. The van der Waals surface area contributed by atoms with Crippen molar-refractivity contribution in [3.63, 3.8) is 0 Å². The second-order valence-corrected chi connectivity index (χ2v) is 3.06. The van der Waals surface area contributed by atoms with Crippen molar-refractivity contribution in [3.8, 4) is 0 Å². The smallest absolute Gasteiger partial charge is 0.303 e. The first-order valence-electron chi connectivity index (χ1n) is 4.14. The number of Topliss-reactive ketones (excluding diaryl/α,β-unsaturated/α-hetero) is 1. The topological polar surface area (TPSA) is 57.6 Å². The van der Waals surface area contributed by atoms with Gasteiger partial charge < -0.3 is 5.11 Å². The molecule has 1 heterocycles. The highest BCUT2D eigenvalue weighted by Crippen LogP contribution is 2.05. The van der Waals surface area contributed by atoms with Gasteiger partial charge in [-0.05, 0) is 13.0 Å². The molecule has 12 heavy (non-hydrogen) atoms. The van der Waals surface area contributed by atoms with Gasteiger partial charge in [0.15, 0.2) is 0 Å². The summed E-state index contributed by atoms with van der Waals surface area (Å²) in [5.41, 5.74) is 0. The van der Waals surface area contributed by atoms with Gasteiger partial charge in [-0.2, -0.15) is 0 Å². The molecule has 0 aliphatic carbocycles. The van der Waals surface area contributed by atoms with Crippen LogP contribution in [0.4, 0.5) is 0 Å². The molecule has 0 aromatic rings. The molecule has 0 spiro atoms. The van der Waals surface area contributed by atoms with Gasteiger partial charge in [0.2, 0.25) is 0 Å². The Morgan fingerprint density at radius 1 is 1.58 bits per heavy atom. The maximum absolute atomic E-state index is 10.8. The number of carboxylic acid groups (broad SMARTS) is 1. The van der Waals surface area contributed by atoms with E-state index in [1.807, 2.05) is 4.90 Å². The van der Waals surface area contributed by atoms with Crippen molar-refractivity contribution in [2.24, 2.45) is 0 Å². The van der Waals surface area contributed by atoms with Crippen molar-refractivity contribution in [1.29, 1.82) is 0 Å². The summed E-state index contributed by atoms with van der Waals surface area (Å²) in [5.74, 6) is -0.495. The fourth-order valence-corrected chi connectivity index (χ4v) is 1.34. The van der Waals surface area contributed by atoms with E-state index in [0.717, 1.165) is 13.1 Å². The van der Waals surface area contributed by atoms with Gasteiger partial charge in [-0.25, -0.2) is 0 Å². The van der Waals surface area contributed by atoms with Gasteiger partial charge in [-0.15, -0.1) is 0 Å². The maximum Gasteiger partial charge on any atom is 0.303 e. The first-order chi connectivity index (χ1) is 5.68. The number of carbonyl (C=O) groups excluding carboxylic acids is 1. The number of carboxylic acids is 1. The van der Waals surface area contributed by atoms with Crippen LogP contribution in [-0.4, -0.2) is 41.4 Å². The van der Waals surface area contributed by atoms with Crippen LogP contribution in [0.5, 0.6) is 0 Å². The van der Waals surface area contributed by atoms with Crippen LogP contribution in [0.2, 0.25) is 0 Å². The molecule has 1 fully saturated rings. The van der Waals surface area contributed by atoms with E-state index in [0.29, 0.717) is 19.4 Å². The van der Waals surface area contributed by atoms with Gasteiger partial charge in [0.1, 0.15) is 5.78 Å². The fourth-order valence-electron chi connectivity index (χ4n) is 1.34. The largest absolute Gasteiger partial charge is 0.481 e. The SMILES string of the molecule is O=C(O)CCCN1CCC(=O)C1. The van der Waals surface area contributed by atoms with Crippen molar-refractivity contribution in [2.45, 2.75) is 19.3 Å². The van der Waals surface area contributed by atoms with E-state index in [-0.39, 0.29) is 12.2 Å². The zero-order chi connectivity index (χ0) is 8.97. The lowest BCUT2D eigenvalue weighted by molar-refractivity contribution is -0.137. The molecule has 0 saturated carbocycles. The standard InChI is InChI=1S/C8H13NO3/c10-7-3-5-9(6-7)4-1-2-8(11)12/h1-6H2,(H,11,12). The van der Waals surface area contributed by atoms with Crippen LogP contribution in [0.25, 0.3) is 0 Å². The third-order valence-electron chi connectivity index (χ3n) is 1.97. The molecule has 0 aromatic carbocycles. The Balaban J connectivity index is 2.08. The van der Waals surface area contributed by atoms with Crippen LogP contribution >= 0.6 is 0 Å². The van der Waals surface area contributed by atoms with Crippen molar-refractivity contribution in [1.82, 2.24) is 4.90 Å². The summed E-state index contributed by atoms with van der Waals surface area (Å²) < 4.78 is 0. The number of nitrogens with zero attached hydrogens (tertiary/aromatic N) is 1. The molecule has 0 bridgehead atoms. The molecule has 68 valence electrons. The minimum Gasteiger partial charge on any atom is -0.481 e. The molecule has 1 N–H and O–H groups in total. The van der Waals surface area contributed by atoms with Crippen molar-refractivity contribution < 1.29 is 14.7 Å². The highest BCUT2D eigenvalue weighted by Gasteiger charge is 2.18. The normalized spacial score (nSPS) is 18.5. The molecule has 4 nitrogen and oxygen atoms in total. The van der Waals surface area contributed by atoms with Crippen LogP contribution in [0.1, 0.15) is 19.3 Å². The molecule has 1 aliphatic rings. The molecular weight excluding hydrogens is 158 g/mol. The minimum absolute atomic E-state index is 0.199. The summed E-state index contributed by atoms with van der Waals surface area (Å²) in [7, 11) is 0. The van der Waals surface area contributed by atoms with Crippen LogP contribution < -0.4 is 0 Å². The van der Waals surface area contributed by atoms with Crippen molar-refractivity contribution in [3.05, 3.63) is 0 Å². The van der Waals surface area contributed by atoms with Gasteiger partial charge in [0.25, 0.3) is 0 Å². The third-order valence-corrected chi connectivity index (χ3v) is 1.97. The molecule has 0 atom stereocenters. The van der Waals surface area contributed by atoms with Crippen LogP contribution in [0, 0.1) is 0 Å². The molecule has 1 aliphatic heterocycles. The van der Waals surface area contributed by atoms with Gasteiger partial charge in [0.05, 0.1) is 6.54 Å². The number of carbonyl (C=O) groups is 2. The highest BCUT2D eigenvalue weighted by atomic mass is 16.4. The Hall–Kier alpha value is -0.900. The first kappa shape index (κ1) is 9.19. The zero-order valence-corrected chi connectivity index (χ0v) is 6.95. The quantitative estimate of drug-likeness (QED) is 0.653. The molecular formula is C8H13NO3. The molecule has 0 amide bonds. The summed E-state index contributed by atoms with van der Waals surface area (Å²) >= 11 is 0. The summed E-state index contributed by atoms with van der Waals surface area (Å²) in [5, 5.41) is 8.35. The van der Waals surface area contributed by atoms with E-state index in [9.17, 15) is 9.59 Å². The Kier molecular flexibility index (Phi) is 3.22. The van der Waals surface area contributed by atoms with Gasteiger partial charge >= 0.3 is 5.97 Å². The van der Waals surface area contributed by atoms with Crippen molar-refractivity contribution >= 4 is 11.8 Å². The van der Waals surface area contributed by atoms with Gasteiger partial charge in [0, 0.05) is 19.4 Å². The summed E-state index contributed by atoms with van der Waals surface area (Å²) in [6.07, 6.45) is 1.47. The molecule has 1 saturated heterocycles. The molecule has 0 aromatic heterocycles. The van der Waals surface area contributed by atoms with E-state index >= 15 is 0 Å². The molecule has 4 heteroatoms. The Bertz CT molecular complexity index is 191. The number of rotatable bonds is 4. The molecule has 1 rings (SSSR count). The first-order valence-corrected chi connectivity index (χ1v) is 4.14. The molecule has 0 unspecified atom stereocenters. The Morgan fingerprint density at radius 2 is 2.33 bits per heavy atom. The number of hydrogen-bond donors (Lipinski definition) is 1. The minimum atomic E-state index is -0.763. The number of hydrogen-bond acceptors (Lipinski definition) is 3. The van der Waals surface area contributed by atoms with Crippen LogP contribution in [-0.2, 0) is 9.59 Å². The average Bonchev–Trinajstić information content (AvgIpc) is 2.35. The summed E-state index contributed by atoms with van der Waals surface area (Å²) in [6, 6.07) is 0. The Labute approximate surface area is 71.2 Å². The van der Waals surface area contributed by atoms with E-state index in [4.69, 9.17) is 5.11 Å². The average molecular weight is 171 g/mol. The van der Waals surface area contributed by atoms with Gasteiger partial charge in [-0.1, -0.05) is 0 Å². The predicted octanol–water partition coefficient (Wildman–Crippen LogP) is 0.126. The van der Waals surface area contributed by atoms with Crippen molar-refractivity contribution in [2.75, 3.05) is 19.6 Å². The monoisotopic (exact) mass is 171 g/mol. The Morgan fingerprint density at radius 3 is 2.83 bits per heavy atom. The lowest BCUT2D eigenvalue weighted by Gasteiger charge is -2.11. The number of likely N-dealkylation sites (tertiary alicyclic amines) is 1.